The van der Waals surface area contributed by atoms with Crippen molar-refractivity contribution in [2.45, 2.75) is 0 Å². The molecule has 0 aliphatic carbocycles. The number of H-pyrrole nitrogens is 2. The molecule has 1 aromatic carbocycles. The number of hydrogen-bond acceptors (Lipinski definition) is 4. The van der Waals surface area contributed by atoms with Crippen LogP contribution in [0.5, 0.6) is 0 Å². The van der Waals surface area contributed by atoms with E-state index in [2.05, 4.69) is 25.4 Å². The van der Waals surface area contributed by atoms with Crippen LogP contribution in [-0.4, -0.2) is 25.4 Å². The average molecular weight is 236 g/mol. The van der Waals surface area contributed by atoms with E-state index in [1.807, 2.05) is 36.4 Å². The highest BCUT2D eigenvalue weighted by molar-refractivity contribution is 5.64. The molecule has 0 atom stereocenters. The van der Waals surface area contributed by atoms with Gasteiger partial charge in [-0.25, -0.2) is 4.98 Å². The van der Waals surface area contributed by atoms with Crippen LogP contribution in [0.4, 0.5) is 0 Å². The van der Waals surface area contributed by atoms with Gasteiger partial charge in [0.25, 0.3) is 0 Å². The molecule has 2 aromatic heterocycles. The number of aromatic nitrogens is 5. The first-order valence-corrected chi connectivity index (χ1v) is 5.30. The monoisotopic (exact) mass is 236 g/mol. The van der Waals surface area contributed by atoms with Crippen LogP contribution >= 0.6 is 0 Å². The van der Waals surface area contributed by atoms with Gasteiger partial charge in [0.05, 0.1) is 11.9 Å². The molecule has 0 saturated carbocycles. The zero-order chi connectivity index (χ0) is 12.4. The van der Waals surface area contributed by atoms with Gasteiger partial charge in [-0.1, -0.05) is 30.3 Å². The first kappa shape index (κ1) is 10.2. The topological polar surface area (TPSA) is 94.0 Å². The standard InChI is InChI=1S/C12H8N6/c13-6-9-11(17-18-16-9)10-7-14-12(15-10)8-4-2-1-3-5-8/h1-5,7H,(H,14,15)(H,16,17,18). The fourth-order valence-corrected chi connectivity index (χ4v) is 1.68. The summed E-state index contributed by atoms with van der Waals surface area (Å²) in [7, 11) is 0. The van der Waals surface area contributed by atoms with Gasteiger partial charge in [-0.3, -0.25) is 0 Å². The Labute approximate surface area is 102 Å². The summed E-state index contributed by atoms with van der Waals surface area (Å²) in [5.74, 6) is 0.734. The van der Waals surface area contributed by atoms with E-state index < -0.39 is 0 Å². The molecule has 0 bridgehead atoms. The van der Waals surface area contributed by atoms with Gasteiger partial charge in [0.15, 0.2) is 5.69 Å². The summed E-state index contributed by atoms with van der Waals surface area (Å²) in [6.07, 6.45) is 1.64. The van der Waals surface area contributed by atoms with Gasteiger partial charge in [0.1, 0.15) is 17.6 Å². The number of benzene rings is 1. The molecule has 2 N–H and O–H groups in total. The summed E-state index contributed by atoms with van der Waals surface area (Å²) < 4.78 is 0. The smallest absolute Gasteiger partial charge is 0.192 e. The van der Waals surface area contributed by atoms with E-state index in [1.54, 1.807) is 6.20 Å². The van der Waals surface area contributed by atoms with E-state index in [1.165, 1.54) is 0 Å². The molecule has 2 heterocycles. The molecule has 0 amide bonds. The summed E-state index contributed by atoms with van der Waals surface area (Å²) >= 11 is 0. The number of rotatable bonds is 2. The Balaban J connectivity index is 2.03. The van der Waals surface area contributed by atoms with E-state index in [-0.39, 0.29) is 5.69 Å². The maximum absolute atomic E-state index is 8.89. The van der Waals surface area contributed by atoms with E-state index in [0.717, 1.165) is 11.4 Å². The van der Waals surface area contributed by atoms with E-state index >= 15 is 0 Å². The van der Waals surface area contributed by atoms with Gasteiger partial charge in [0, 0.05) is 5.56 Å². The Morgan fingerprint density at radius 2 is 1.94 bits per heavy atom. The second-order valence-corrected chi connectivity index (χ2v) is 3.64. The summed E-state index contributed by atoms with van der Waals surface area (Å²) in [6.45, 7) is 0. The second-order valence-electron chi connectivity index (χ2n) is 3.64. The minimum atomic E-state index is 0.248. The SMILES string of the molecule is N#Cc1n[nH]nc1-c1cnc(-c2ccccc2)[nH]1. The third-order valence-electron chi connectivity index (χ3n) is 2.53. The van der Waals surface area contributed by atoms with E-state index in [0.29, 0.717) is 11.4 Å². The molecule has 6 nitrogen and oxygen atoms in total. The van der Waals surface area contributed by atoms with Crippen LogP contribution in [0.3, 0.4) is 0 Å². The minimum absolute atomic E-state index is 0.248. The Kier molecular flexibility index (Phi) is 2.35. The maximum Gasteiger partial charge on any atom is 0.192 e. The Morgan fingerprint density at radius 3 is 2.72 bits per heavy atom. The van der Waals surface area contributed by atoms with Crippen molar-refractivity contribution >= 4 is 0 Å². The predicted octanol–water partition coefficient (Wildman–Crippen LogP) is 1.73. The van der Waals surface area contributed by atoms with Gasteiger partial charge in [0.2, 0.25) is 0 Å². The fraction of sp³-hybridized carbons (Fsp3) is 0. The Hall–Kier alpha value is -2.94. The molecule has 86 valence electrons. The van der Waals surface area contributed by atoms with Crippen molar-refractivity contribution in [3.8, 4) is 28.8 Å². The molecule has 0 fully saturated rings. The number of aromatic amines is 2. The van der Waals surface area contributed by atoms with Crippen LogP contribution in [0.2, 0.25) is 0 Å². The van der Waals surface area contributed by atoms with E-state index in [9.17, 15) is 0 Å². The van der Waals surface area contributed by atoms with Gasteiger partial charge in [-0.05, 0) is 0 Å². The molecule has 0 unspecified atom stereocenters. The van der Waals surface area contributed by atoms with Crippen molar-refractivity contribution in [2.75, 3.05) is 0 Å². The number of nitrogens with one attached hydrogen (secondary N) is 2. The largest absolute Gasteiger partial charge is 0.337 e. The van der Waals surface area contributed by atoms with Crippen molar-refractivity contribution in [1.29, 1.82) is 5.26 Å². The molecule has 3 aromatic rings. The number of imidazole rings is 1. The van der Waals surface area contributed by atoms with Gasteiger partial charge in [-0.2, -0.15) is 15.6 Å². The zero-order valence-electron chi connectivity index (χ0n) is 9.25. The fourth-order valence-electron chi connectivity index (χ4n) is 1.68. The Morgan fingerprint density at radius 1 is 1.11 bits per heavy atom. The molecule has 0 aliphatic rings. The third kappa shape index (κ3) is 1.64. The first-order chi connectivity index (χ1) is 8.88. The van der Waals surface area contributed by atoms with Crippen LogP contribution in [0.25, 0.3) is 22.8 Å². The zero-order valence-corrected chi connectivity index (χ0v) is 9.25. The lowest BCUT2D eigenvalue weighted by Crippen LogP contribution is -1.83. The molecule has 18 heavy (non-hydrogen) atoms. The molecule has 0 radical (unpaired) electrons. The highest BCUT2D eigenvalue weighted by atomic mass is 15.3. The average Bonchev–Trinajstić information content (AvgIpc) is 3.08. The Bertz CT molecular complexity index is 704. The van der Waals surface area contributed by atoms with Crippen molar-refractivity contribution in [2.24, 2.45) is 0 Å². The van der Waals surface area contributed by atoms with Crippen molar-refractivity contribution in [3.63, 3.8) is 0 Å². The molecule has 6 heteroatoms. The first-order valence-electron chi connectivity index (χ1n) is 5.30. The molecular formula is C12H8N6. The molecule has 0 aliphatic heterocycles. The molecular weight excluding hydrogens is 228 g/mol. The maximum atomic E-state index is 8.89. The lowest BCUT2D eigenvalue weighted by Gasteiger charge is -1.94. The summed E-state index contributed by atoms with van der Waals surface area (Å²) in [6, 6.07) is 11.7. The molecule has 0 spiro atoms. The normalized spacial score (nSPS) is 10.2. The minimum Gasteiger partial charge on any atom is -0.337 e. The van der Waals surface area contributed by atoms with Crippen LogP contribution in [0.1, 0.15) is 5.69 Å². The summed E-state index contributed by atoms with van der Waals surface area (Å²) in [5, 5.41) is 19.0. The van der Waals surface area contributed by atoms with Gasteiger partial charge in [-0.15, -0.1) is 5.10 Å². The third-order valence-corrected chi connectivity index (χ3v) is 2.53. The van der Waals surface area contributed by atoms with E-state index in [4.69, 9.17) is 5.26 Å². The summed E-state index contributed by atoms with van der Waals surface area (Å²) in [4.78, 5) is 7.39. The van der Waals surface area contributed by atoms with Crippen LogP contribution in [0, 0.1) is 11.3 Å². The number of nitrogens with zero attached hydrogens (tertiary/aromatic N) is 4. The summed E-state index contributed by atoms with van der Waals surface area (Å²) in [5.41, 5.74) is 2.37. The molecule has 3 rings (SSSR count). The van der Waals surface area contributed by atoms with Crippen LogP contribution < -0.4 is 0 Å². The van der Waals surface area contributed by atoms with Crippen LogP contribution in [-0.2, 0) is 0 Å². The second kappa shape index (κ2) is 4.14. The lowest BCUT2D eigenvalue weighted by atomic mass is 10.2. The quantitative estimate of drug-likeness (QED) is 0.708. The highest BCUT2D eigenvalue weighted by Crippen LogP contribution is 2.21. The number of nitriles is 1. The highest BCUT2D eigenvalue weighted by Gasteiger charge is 2.12. The number of hydrogen-bond donors (Lipinski definition) is 2. The van der Waals surface area contributed by atoms with Crippen molar-refractivity contribution < 1.29 is 0 Å². The molecule has 0 saturated heterocycles. The lowest BCUT2D eigenvalue weighted by molar-refractivity contribution is 0.936. The van der Waals surface area contributed by atoms with Crippen molar-refractivity contribution in [3.05, 3.63) is 42.2 Å². The van der Waals surface area contributed by atoms with Gasteiger partial charge >= 0.3 is 0 Å². The van der Waals surface area contributed by atoms with Gasteiger partial charge < -0.3 is 4.98 Å². The van der Waals surface area contributed by atoms with Crippen LogP contribution in [0.15, 0.2) is 36.5 Å². The van der Waals surface area contributed by atoms with Crippen molar-refractivity contribution in [1.82, 2.24) is 25.4 Å². The predicted molar refractivity (Wildman–Crippen MR) is 64.1 cm³/mol.